The van der Waals surface area contributed by atoms with Crippen LogP contribution < -0.4 is 4.74 Å². The maximum absolute atomic E-state index is 12.3. The summed E-state index contributed by atoms with van der Waals surface area (Å²) in [5.41, 5.74) is 0.825. The van der Waals surface area contributed by atoms with E-state index in [4.69, 9.17) is 14.6 Å². The molecule has 1 N–H and O–H groups in total. The van der Waals surface area contributed by atoms with Gasteiger partial charge in [-0.15, -0.1) is 0 Å². The molecule has 6 nitrogen and oxygen atoms in total. The zero-order chi connectivity index (χ0) is 15.2. The first-order valence-corrected chi connectivity index (χ1v) is 6.83. The third-order valence-electron chi connectivity index (χ3n) is 3.43. The number of rotatable bonds is 5. The summed E-state index contributed by atoms with van der Waals surface area (Å²) < 4.78 is 10.6. The van der Waals surface area contributed by atoms with E-state index in [0.717, 1.165) is 5.56 Å². The fraction of sp³-hybridized carbons (Fsp3) is 0.467. The second-order valence-corrected chi connectivity index (χ2v) is 4.92. The van der Waals surface area contributed by atoms with E-state index in [9.17, 15) is 9.59 Å². The quantitative estimate of drug-likeness (QED) is 0.874. The number of carbonyl (C=O) groups is 2. The zero-order valence-corrected chi connectivity index (χ0v) is 11.9. The molecule has 21 heavy (non-hydrogen) atoms. The Morgan fingerprint density at radius 2 is 2.19 bits per heavy atom. The summed E-state index contributed by atoms with van der Waals surface area (Å²) >= 11 is 0. The van der Waals surface area contributed by atoms with Crippen LogP contribution in [0.3, 0.4) is 0 Å². The molecule has 1 atom stereocenters. The molecule has 1 fully saturated rings. The van der Waals surface area contributed by atoms with Gasteiger partial charge in [0.2, 0.25) is 5.91 Å². The molecule has 0 unspecified atom stereocenters. The highest BCUT2D eigenvalue weighted by Gasteiger charge is 2.26. The number of hydrogen-bond donors (Lipinski definition) is 1. The minimum atomic E-state index is -0.918. The lowest BCUT2D eigenvalue weighted by atomic mass is 10.1. The smallest absolute Gasteiger partial charge is 0.306 e. The van der Waals surface area contributed by atoms with E-state index in [1.807, 2.05) is 24.3 Å². The first-order chi connectivity index (χ1) is 10.1. The third kappa shape index (κ3) is 4.19. The molecule has 2 rings (SSSR count). The van der Waals surface area contributed by atoms with Gasteiger partial charge in [0.1, 0.15) is 5.75 Å². The van der Waals surface area contributed by atoms with Crippen LogP contribution in [0.4, 0.5) is 0 Å². The summed E-state index contributed by atoms with van der Waals surface area (Å²) in [6, 6.07) is 7.38. The van der Waals surface area contributed by atoms with Crippen LogP contribution in [-0.4, -0.2) is 54.8 Å². The first-order valence-electron chi connectivity index (χ1n) is 6.83. The molecule has 1 amide bonds. The Bertz CT molecular complexity index is 517. The average Bonchev–Trinajstić information content (AvgIpc) is 2.47. The van der Waals surface area contributed by atoms with Gasteiger partial charge >= 0.3 is 5.97 Å². The summed E-state index contributed by atoms with van der Waals surface area (Å²) in [5.74, 6) is -0.279. The van der Waals surface area contributed by atoms with Crippen LogP contribution in [0.25, 0.3) is 0 Å². The van der Waals surface area contributed by atoms with Gasteiger partial charge in [-0.25, -0.2) is 0 Å². The first kappa shape index (κ1) is 15.3. The second kappa shape index (κ2) is 7.08. The van der Waals surface area contributed by atoms with Crippen LogP contribution >= 0.6 is 0 Å². The Morgan fingerprint density at radius 1 is 1.43 bits per heavy atom. The maximum Gasteiger partial charge on any atom is 0.306 e. The minimum absolute atomic E-state index is 0.0433. The number of methoxy groups -OCH3 is 1. The van der Waals surface area contributed by atoms with Gasteiger partial charge in [0.25, 0.3) is 0 Å². The van der Waals surface area contributed by atoms with Crippen molar-refractivity contribution in [3.8, 4) is 5.75 Å². The number of carboxylic acid groups (broad SMARTS) is 1. The Labute approximate surface area is 123 Å². The molecule has 1 saturated heterocycles. The summed E-state index contributed by atoms with van der Waals surface area (Å²) in [6.07, 6.45) is -0.278. The molecule has 0 radical (unpaired) electrons. The number of morpholine rings is 1. The molecule has 1 aliphatic heterocycles. The SMILES string of the molecule is COc1ccccc1CC(=O)N1CCO[C@@H](CC(=O)O)C1. The number of aliphatic carboxylic acids is 1. The van der Waals surface area contributed by atoms with Crippen LogP contribution in [0.5, 0.6) is 5.75 Å². The molecule has 0 bridgehead atoms. The molecule has 1 heterocycles. The molecule has 114 valence electrons. The highest BCUT2D eigenvalue weighted by atomic mass is 16.5. The van der Waals surface area contributed by atoms with Crippen LogP contribution in [0.15, 0.2) is 24.3 Å². The van der Waals surface area contributed by atoms with Gasteiger partial charge < -0.3 is 19.5 Å². The van der Waals surface area contributed by atoms with Gasteiger partial charge in [0, 0.05) is 18.7 Å². The molecule has 0 aromatic heterocycles. The number of amides is 1. The molecule has 0 spiro atoms. The number of ether oxygens (including phenoxy) is 2. The van der Waals surface area contributed by atoms with Gasteiger partial charge in [0.05, 0.1) is 32.7 Å². The Hall–Kier alpha value is -2.08. The number of nitrogens with zero attached hydrogens (tertiary/aromatic N) is 1. The normalized spacial score (nSPS) is 18.3. The molecule has 1 aromatic carbocycles. The fourth-order valence-corrected chi connectivity index (χ4v) is 2.39. The summed E-state index contributed by atoms with van der Waals surface area (Å²) in [6.45, 7) is 1.18. The summed E-state index contributed by atoms with van der Waals surface area (Å²) in [7, 11) is 1.57. The van der Waals surface area contributed by atoms with Gasteiger partial charge in [-0.3, -0.25) is 9.59 Å². The number of benzene rings is 1. The van der Waals surface area contributed by atoms with Crippen molar-refractivity contribution in [1.82, 2.24) is 4.90 Å². The standard InChI is InChI=1S/C15H19NO5/c1-20-13-5-3-2-4-11(13)8-14(17)16-6-7-21-12(10-16)9-15(18)19/h2-5,12H,6-10H2,1H3,(H,18,19)/t12-/m0/s1. The van der Waals surface area contributed by atoms with Gasteiger partial charge in [-0.1, -0.05) is 18.2 Å². The summed E-state index contributed by atoms with van der Waals surface area (Å²) in [5, 5.41) is 8.79. The van der Waals surface area contributed by atoms with Gasteiger partial charge in [0.15, 0.2) is 0 Å². The number of para-hydroxylation sites is 1. The highest BCUT2D eigenvalue weighted by Crippen LogP contribution is 2.19. The Morgan fingerprint density at radius 3 is 2.90 bits per heavy atom. The topological polar surface area (TPSA) is 76.1 Å². The number of carbonyl (C=O) groups excluding carboxylic acids is 1. The van der Waals surface area contributed by atoms with Crippen molar-refractivity contribution in [3.05, 3.63) is 29.8 Å². The molecule has 1 aromatic rings. The Balaban J connectivity index is 1.98. The predicted molar refractivity (Wildman–Crippen MR) is 75.3 cm³/mol. The van der Waals surface area contributed by atoms with Crippen molar-refractivity contribution in [2.45, 2.75) is 18.9 Å². The predicted octanol–water partition coefficient (Wildman–Crippen LogP) is 0.940. The minimum Gasteiger partial charge on any atom is -0.496 e. The van der Waals surface area contributed by atoms with Crippen molar-refractivity contribution in [2.24, 2.45) is 0 Å². The van der Waals surface area contributed by atoms with Gasteiger partial charge in [-0.05, 0) is 6.07 Å². The second-order valence-electron chi connectivity index (χ2n) is 4.92. The van der Waals surface area contributed by atoms with Crippen molar-refractivity contribution in [3.63, 3.8) is 0 Å². The van der Waals surface area contributed by atoms with Crippen molar-refractivity contribution < 1.29 is 24.2 Å². The van der Waals surface area contributed by atoms with E-state index in [1.54, 1.807) is 12.0 Å². The monoisotopic (exact) mass is 293 g/mol. The molecular weight excluding hydrogens is 274 g/mol. The van der Waals surface area contributed by atoms with E-state index in [-0.39, 0.29) is 18.7 Å². The zero-order valence-electron chi connectivity index (χ0n) is 11.9. The van der Waals surface area contributed by atoms with Crippen molar-refractivity contribution >= 4 is 11.9 Å². The molecule has 1 aliphatic rings. The molecule has 0 saturated carbocycles. The van der Waals surface area contributed by atoms with E-state index in [1.165, 1.54) is 0 Å². The molecular formula is C15H19NO5. The maximum atomic E-state index is 12.3. The van der Waals surface area contributed by atoms with Crippen molar-refractivity contribution in [2.75, 3.05) is 26.8 Å². The van der Waals surface area contributed by atoms with E-state index in [2.05, 4.69) is 0 Å². The highest BCUT2D eigenvalue weighted by molar-refractivity contribution is 5.79. The lowest BCUT2D eigenvalue weighted by Crippen LogP contribution is -2.46. The molecule has 6 heteroatoms. The van der Waals surface area contributed by atoms with Crippen LogP contribution in [0.2, 0.25) is 0 Å². The van der Waals surface area contributed by atoms with E-state index >= 15 is 0 Å². The largest absolute Gasteiger partial charge is 0.496 e. The summed E-state index contributed by atoms with van der Waals surface area (Å²) in [4.78, 5) is 24.7. The lowest BCUT2D eigenvalue weighted by Gasteiger charge is -2.32. The van der Waals surface area contributed by atoms with Gasteiger partial charge in [-0.2, -0.15) is 0 Å². The van der Waals surface area contributed by atoms with Crippen LogP contribution in [-0.2, 0) is 20.7 Å². The fourth-order valence-electron chi connectivity index (χ4n) is 2.39. The van der Waals surface area contributed by atoms with Crippen LogP contribution in [0.1, 0.15) is 12.0 Å². The van der Waals surface area contributed by atoms with Crippen LogP contribution in [0, 0.1) is 0 Å². The number of carboxylic acids is 1. The van der Waals surface area contributed by atoms with Crippen molar-refractivity contribution in [1.29, 1.82) is 0 Å². The van der Waals surface area contributed by atoms with E-state index in [0.29, 0.717) is 25.4 Å². The average molecular weight is 293 g/mol. The molecule has 0 aliphatic carbocycles. The Kier molecular flexibility index (Phi) is 5.16. The number of hydrogen-bond acceptors (Lipinski definition) is 4. The third-order valence-corrected chi connectivity index (χ3v) is 3.43. The van der Waals surface area contributed by atoms with E-state index < -0.39 is 12.1 Å². The lowest BCUT2D eigenvalue weighted by molar-refractivity contribution is -0.147.